The fourth-order valence-corrected chi connectivity index (χ4v) is 9.85. The standard InChI is InChI=1S/C44H53N7O9/c1-47(2)22-34-36(58-4)18-26(19-37(34)59-5)32-23-48(3)40(54)33-24-50(14-11-29(32)33)43(57)45-27-10-12-44(21-27)13-15-49(25-44)16-17-60-28-6-7-30-31(20-28)42(56)51(41(30)55)35-8-9-38(52)46-39(35)53/h6-7,18-20,23,27,35H,8-17,21-22,24-25H2,1-5H3,(H,45,57)(H,46,52,53). The van der Waals surface area contributed by atoms with E-state index in [0.717, 1.165) is 65.9 Å². The van der Waals surface area contributed by atoms with Gasteiger partial charge in [0.05, 0.1) is 37.5 Å². The fourth-order valence-electron chi connectivity index (χ4n) is 9.85. The first-order valence-electron chi connectivity index (χ1n) is 20.7. The number of hydrogen-bond acceptors (Lipinski definition) is 11. The molecule has 2 N–H and O–H groups in total. The first-order valence-corrected chi connectivity index (χ1v) is 20.7. The highest BCUT2D eigenvalue weighted by atomic mass is 16.5. The summed E-state index contributed by atoms with van der Waals surface area (Å²) in [5, 5.41) is 5.52. The topological polar surface area (TPSA) is 172 Å². The molecule has 1 aliphatic carbocycles. The van der Waals surface area contributed by atoms with E-state index in [1.807, 2.05) is 32.4 Å². The molecule has 1 saturated carbocycles. The van der Waals surface area contributed by atoms with E-state index in [9.17, 15) is 28.8 Å². The molecule has 2 saturated heterocycles. The van der Waals surface area contributed by atoms with Crippen LogP contribution in [0.3, 0.4) is 0 Å². The molecule has 0 radical (unpaired) electrons. The van der Waals surface area contributed by atoms with Crippen LogP contribution >= 0.6 is 0 Å². The predicted octanol–water partition coefficient (Wildman–Crippen LogP) is 2.92. The molecule has 2 aromatic carbocycles. The van der Waals surface area contributed by atoms with E-state index < -0.39 is 29.7 Å². The number of pyridine rings is 1. The van der Waals surface area contributed by atoms with Gasteiger partial charge < -0.3 is 33.9 Å². The first kappa shape index (κ1) is 41.0. The second-order valence-electron chi connectivity index (χ2n) is 17.1. The number of piperidine rings is 1. The largest absolute Gasteiger partial charge is 0.496 e. The van der Waals surface area contributed by atoms with Crippen molar-refractivity contribution in [3.63, 3.8) is 0 Å². The van der Waals surface area contributed by atoms with Crippen LogP contribution in [0.1, 0.15) is 75.9 Å². The smallest absolute Gasteiger partial charge is 0.317 e. The summed E-state index contributed by atoms with van der Waals surface area (Å²) in [6.07, 6.45) is 6.37. The summed E-state index contributed by atoms with van der Waals surface area (Å²) in [4.78, 5) is 84.7. The zero-order valence-corrected chi connectivity index (χ0v) is 34.9. The van der Waals surface area contributed by atoms with E-state index in [1.165, 1.54) is 0 Å². The molecular formula is C44H53N7O9. The number of urea groups is 1. The molecule has 16 heteroatoms. The zero-order chi connectivity index (χ0) is 42.5. The van der Waals surface area contributed by atoms with Crippen molar-refractivity contribution in [1.29, 1.82) is 0 Å². The van der Waals surface area contributed by atoms with Gasteiger partial charge >= 0.3 is 6.03 Å². The Balaban J connectivity index is 0.850. The first-order chi connectivity index (χ1) is 28.8. The molecule has 4 aliphatic heterocycles. The number of hydrogen-bond donors (Lipinski definition) is 2. The number of ether oxygens (including phenoxy) is 3. The van der Waals surface area contributed by atoms with Crippen LogP contribution < -0.4 is 30.4 Å². The number of aromatic nitrogens is 1. The number of imide groups is 2. The third-order valence-electron chi connectivity index (χ3n) is 12.9. The molecule has 60 heavy (non-hydrogen) atoms. The quantitative estimate of drug-likeness (QED) is 0.273. The number of carbonyl (C=O) groups is 5. The predicted molar refractivity (Wildman–Crippen MR) is 220 cm³/mol. The Kier molecular flexibility index (Phi) is 11.2. The number of likely N-dealkylation sites (tertiary alicyclic amines) is 1. The van der Waals surface area contributed by atoms with Crippen LogP contribution in [0, 0.1) is 5.41 Å². The molecule has 3 atom stereocenters. The Morgan fingerprint density at radius 3 is 2.38 bits per heavy atom. The molecule has 5 heterocycles. The van der Waals surface area contributed by atoms with Gasteiger partial charge in [0, 0.05) is 63.0 Å². The maximum atomic E-state index is 13.8. The van der Waals surface area contributed by atoms with Gasteiger partial charge in [-0.2, -0.15) is 0 Å². The summed E-state index contributed by atoms with van der Waals surface area (Å²) in [6.45, 7) is 4.22. The molecule has 16 nitrogen and oxygen atoms in total. The number of fused-ring (bicyclic) bond motifs is 2. The highest BCUT2D eigenvalue weighted by molar-refractivity contribution is 6.23. The van der Waals surface area contributed by atoms with Crippen molar-refractivity contribution in [2.24, 2.45) is 12.5 Å². The highest BCUT2D eigenvalue weighted by Gasteiger charge is 2.46. The normalized spacial score (nSPS) is 22.7. The molecule has 1 spiro atoms. The fraction of sp³-hybridized carbons (Fsp3) is 0.500. The molecule has 3 aromatic rings. The molecule has 318 valence electrons. The van der Waals surface area contributed by atoms with Crippen molar-refractivity contribution in [2.45, 2.75) is 70.1 Å². The summed E-state index contributed by atoms with van der Waals surface area (Å²) in [7, 11) is 9.02. The summed E-state index contributed by atoms with van der Waals surface area (Å²) in [5.74, 6) is -0.297. The maximum Gasteiger partial charge on any atom is 0.317 e. The summed E-state index contributed by atoms with van der Waals surface area (Å²) in [6, 6.07) is 7.62. The molecule has 6 amide bonds. The molecule has 1 aromatic heterocycles. The van der Waals surface area contributed by atoms with E-state index in [1.54, 1.807) is 48.9 Å². The van der Waals surface area contributed by atoms with Crippen LogP contribution in [-0.2, 0) is 36.1 Å². The second-order valence-corrected chi connectivity index (χ2v) is 17.1. The van der Waals surface area contributed by atoms with Crippen LogP contribution in [0.25, 0.3) is 11.1 Å². The van der Waals surface area contributed by atoms with Gasteiger partial charge in [-0.05, 0) is 106 Å². The monoisotopic (exact) mass is 823 g/mol. The minimum Gasteiger partial charge on any atom is -0.496 e. The minimum atomic E-state index is -1.02. The average molecular weight is 824 g/mol. The van der Waals surface area contributed by atoms with Crippen molar-refractivity contribution in [3.05, 3.63) is 74.7 Å². The number of nitrogens with zero attached hydrogens (tertiary/aromatic N) is 5. The molecular weight excluding hydrogens is 771 g/mol. The van der Waals surface area contributed by atoms with Gasteiger partial charge in [-0.1, -0.05) is 0 Å². The zero-order valence-electron chi connectivity index (χ0n) is 34.9. The molecule has 0 bridgehead atoms. The van der Waals surface area contributed by atoms with Crippen molar-refractivity contribution in [2.75, 3.05) is 61.1 Å². The second kappa shape index (κ2) is 16.4. The van der Waals surface area contributed by atoms with Crippen LogP contribution in [0.15, 0.2) is 41.3 Å². The number of carbonyl (C=O) groups excluding carboxylic acids is 5. The SMILES string of the molecule is COc1cc(-c2cn(C)c(=O)c3c2CCN(C(=O)NC2CCC4(CCN(CCOc5ccc6c(c5)C(=O)N(C5CCC(=O)NC5=O)C6=O)C4)C2)C3)cc(OC)c1CN(C)C. The number of amides is 6. The van der Waals surface area contributed by atoms with E-state index >= 15 is 0 Å². The van der Waals surface area contributed by atoms with E-state index in [0.29, 0.717) is 55.5 Å². The van der Waals surface area contributed by atoms with Crippen LogP contribution in [0.2, 0.25) is 0 Å². The van der Waals surface area contributed by atoms with Crippen molar-refractivity contribution in [1.82, 2.24) is 34.8 Å². The average Bonchev–Trinajstić information content (AvgIpc) is 3.89. The third-order valence-corrected chi connectivity index (χ3v) is 12.9. The maximum absolute atomic E-state index is 13.8. The van der Waals surface area contributed by atoms with Gasteiger partial charge in [0.25, 0.3) is 17.4 Å². The van der Waals surface area contributed by atoms with E-state index in [2.05, 4.69) is 20.4 Å². The van der Waals surface area contributed by atoms with Gasteiger partial charge in [0.15, 0.2) is 0 Å². The van der Waals surface area contributed by atoms with Gasteiger partial charge in [-0.25, -0.2) is 4.79 Å². The summed E-state index contributed by atoms with van der Waals surface area (Å²) in [5.41, 5.74) is 4.71. The van der Waals surface area contributed by atoms with Crippen LogP contribution in [0.5, 0.6) is 17.2 Å². The lowest BCUT2D eigenvalue weighted by Gasteiger charge is -2.32. The lowest BCUT2D eigenvalue weighted by molar-refractivity contribution is -0.136. The third kappa shape index (κ3) is 7.73. The molecule has 8 rings (SSSR count). The Hall–Kier alpha value is -5.74. The Morgan fingerprint density at radius 2 is 1.67 bits per heavy atom. The lowest BCUT2D eigenvalue weighted by atomic mass is 9.85. The molecule has 3 unspecified atom stereocenters. The Bertz CT molecular complexity index is 2300. The Labute approximate surface area is 348 Å². The van der Waals surface area contributed by atoms with E-state index in [4.69, 9.17) is 14.2 Å². The van der Waals surface area contributed by atoms with Crippen LogP contribution in [0.4, 0.5) is 4.79 Å². The van der Waals surface area contributed by atoms with E-state index in [-0.39, 0.29) is 53.6 Å². The van der Waals surface area contributed by atoms with Gasteiger partial charge in [-0.15, -0.1) is 0 Å². The minimum absolute atomic E-state index is 0.0382. The van der Waals surface area contributed by atoms with Crippen LogP contribution in [-0.4, -0.2) is 127 Å². The number of methoxy groups -OCH3 is 2. The lowest BCUT2D eigenvalue weighted by Crippen LogP contribution is -2.54. The summed E-state index contributed by atoms with van der Waals surface area (Å²) >= 11 is 0. The number of rotatable bonds is 11. The summed E-state index contributed by atoms with van der Waals surface area (Å²) < 4.78 is 19.2. The van der Waals surface area contributed by atoms with Gasteiger partial charge in [0.1, 0.15) is 29.9 Å². The Morgan fingerprint density at radius 1 is 0.917 bits per heavy atom. The van der Waals surface area contributed by atoms with Gasteiger partial charge in [-0.3, -0.25) is 39.1 Å². The highest BCUT2D eigenvalue weighted by Crippen LogP contribution is 2.46. The van der Waals surface area contributed by atoms with Gasteiger partial charge in [0.2, 0.25) is 11.8 Å². The number of benzene rings is 2. The molecule has 5 aliphatic rings. The number of nitrogens with one attached hydrogen (secondary N) is 2. The number of aryl methyl sites for hydroxylation is 1. The molecule has 3 fully saturated rings. The van der Waals surface area contributed by atoms with Crippen molar-refractivity contribution < 1.29 is 38.2 Å². The van der Waals surface area contributed by atoms with Crippen molar-refractivity contribution in [3.8, 4) is 28.4 Å². The van der Waals surface area contributed by atoms with Crippen molar-refractivity contribution >= 4 is 29.7 Å².